The minimum Gasteiger partial charge on any atom is -0.495 e. The lowest BCUT2D eigenvalue weighted by molar-refractivity contribution is -0.116. The van der Waals surface area contributed by atoms with E-state index in [-0.39, 0.29) is 5.91 Å². The Morgan fingerprint density at radius 2 is 1.67 bits per heavy atom. The number of hydrogen-bond acceptors (Lipinski definition) is 4. The molecule has 3 rings (SSSR count). The molecule has 0 bridgehead atoms. The van der Waals surface area contributed by atoms with Crippen molar-refractivity contribution in [2.75, 3.05) is 24.9 Å². The molecule has 5 nitrogen and oxygen atoms in total. The highest BCUT2D eigenvalue weighted by Gasteiger charge is 2.17. The van der Waals surface area contributed by atoms with Crippen molar-refractivity contribution in [3.05, 3.63) is 59.6 Å². The van der Waals surface area contributed by atoms with Crippen LogP contribution in [0.1, 0.15) is 6.92 Å². The second kappa shape index (κ2) is 8.18. The Hall–Kier alpha value is -2.92. The average Bonchev–Trinajstić information content (AvgIpc) is 2.68. The summed E-state index contributed by atoms with van der Waals surface area (Å²) in [6.07, 6.45) is 0. The Labute approximate surface area is 163 Å². The van der Waals surface area contributed by atoms with Crippen molar-refractivity contribution in [1.29, 1.82) is 0 Å². The first-order valence-electron chi connectivity index (χ1n) is 8.49. The Bertz CT molecular complexity index is 975. The molecule has 0 aliphatic carbocycles. The summed E-state index contributed by atoms with van der Waals surface area (Å²) in [5.74, 6) is 0.883. The monoisotopic (exact) mass is 384 g/mol. The van der Waals surface area contributed by atoms with E-state index in [0.717, 1.165) is 16.5 Å². The van der Waals surface area contributed by atoms with Crippen molar-refractivity contribution in [2.45, 2.75) is 13.0 Å². The van der Waals surface area contributed by atoms with Crippen LogP contribution in [0.2, 0.25) is 5.02 Å². The van der Waals surface area contributed by atoms with Gasteiger partial charge in [-0.2, -0.15) is 0 Å². The van der Waals surface area contributed by atoms with Gasteiger partial charge in [0.2, 0.25) is 5.91 Å². The molecule has 0 radical (unpaired) electrons. The molecule has 0 saturated heterocycles. The number of benzene rings is 3. The Kier molecular flexibility index (Phi) is 5.72. The SMILES string of the molecule is COc1cc(OC)c(N[C@@H](C)C(=O)Nc2ccc3ccccc3c2)cc1Cl. The zero-order valence-electron chi connectivity index (χ0n) is 15.4. The smallest absolute Gasteiger partial charge is 0.246 e. The van der Waals surface area contributed by atoms with Crippen molar-refractivity contribution >= 4 is 39.7 Å². The molecule has 2 N–H and O–H groups in total. The summed E-state index contributed by atoms with van der Waals surface area (Å²) in [6.45, 7) is 1.77. The molecule has 0 unspecified atom stereocenters. The van der Waals surface area contributed by atoms with Crippen LogP contribution < -0.4 is 20.1 Å². The van der Waals surface area contributed by atoms with Crippen LogP contribution in [0.4, 0.5) is 11.4 Å². The number of hydrogen-bond donors (Lipinski definition) is 2. The summed E-state index contributed by atoms with van der Waals surface area (Å²) in [6, 6.07) is 16.7. The maximum absolute atomic E-state index is 12.6. The van der Waals surface area contributed by atoms with E-state index in [2.05, 4.69) is 10.6 Å². The number of ether oxygens (including phenoxy) is 2. The van der Waals surface area contributed by atoms with Gasteiger partial charge in [-0.3, -0.25) is 4.79 Å². The largest absolute Gasteiger partial charge is 0.495 e. The Morgan fingerprint density at radius 3 is 2.37 bits per heavy atom. The molecule has 1 amide bonds. The normalized spacial score (nSPS) is 11.7. The zero-order chi connectivity index (χ0) is 19.4. The lowest BCUT2D eigenvalue weighted by Gasteiger charge is -2.18. The van der Waals surface area contributed by atoms with E-state index in [1.165, 1.54) is 7.11 Å². The molecule has 0 aliphatic heterocycles. The summed E-state index contributed by atoms with van der Waals surface area (Å²) in [7, 11) is 3.08. The van der Waals surface area contributed by atoms with Gasteiger partial charge in [-0.15, -0.1) is 0 Å². The van der Waals surface area contributed by atoms with Gasteiger partial charge in [0.25, 0.3) is 0 Å². The van der Waals surface area contributed by atoms with E-state index in [1.54, 1.807) is 26.2 Å². The first-order valence-corrected chi connectivity index (χ1v) is 8.87. The third kappa shape index (κ3) is 4.26. The zero-order valence-corrected chi connectivity index (χ0v) is 16.1. The first-order chi connectivity index (χ1) is 13.0. The first kappa shape index (κ1) is 18.9. The molecular weight excluding hydrogens is 364 g/mol. The number of fused-ring (bicyclic) bond motifs is 1. The minimum atomic E-state index is -0.505. The predicted octanol–water partition coefficient (Wildman–Crippen LogP) is 4.95. The summed E-state index contributed by atoms with van der Waals surface area (Å²) >= 11 is 6.19. The van der Waals surface area contributed by atoms with Crippen LogP contribution in [0, 0.1) is 0 Å². The van der Waals surface area contributed by atoms with Gasteiger partial charge in [0, 0.05) is 11.8 Å². The Balaban J connectivity index is 1.74. The number of amides is 1. The number of nitrogens with one attached hydrogen (secondary N) is 2. The maximum atomic E-state index is 12.6. The molecule has 27 heavy (non-hydrogen) atoms. The molecule has 6 heteroatoms. The number of anilines is 2. The fourth-order valence-corrected chi connectivity index (χ4v) is 3.03. The topological polar surface area (TPSA) is 59.6 Å². The van der Waals surface area contributed by atoms with E-state index in [1.807, 2.05) is 42.5 Å². The second-order valence-electron chi connectivity index (χ2n) is 6.10. The molecule has 0 spiro atoms. The van der Waals surface area contributed by atoms with Crippen LogP contribution in [0.3, 0.4) is 0 Å². The van der Waals surface area contributed by atoms with Crippen LogP contribution in [0.5, 0.6) is 11.5 Å². The van der Waals surface area contributed by atoms with Gasteiger partial charge in [-0.1, -0.05) is 41.9 Å². The lowest BCUT2D eigenvalue weighted by atomic mass is 10.1. The third-order valence-electron chi connectivity index (χ3n) is 4.26. The highest BCUT2D eigenvalue weighted by Crippen LogP contribution is 2.36. The number of rotatable bonds is 6. The van der Waals surface area contributed by atoms with Crippen molar-refractivity contribution in [2.24, 2.45) is 0 Å². The van der Waals surface area contributed by atoms with Gasteiger partial charge in [0.05, 0.1) is 24.9 Å². The van der Waals surface area contributed by atoms with Crippen LogP contribution in [-0.4, -0.2) is 26.2 Å². The van der Waals surface area contributed by atoms with Crippen LogP contribution in [0.25, 0.3) is 10.8 Å². The van der Waals surface area contributed by atoms with Crippen molar-refractivity contribution in [3.63, 3.8) is 0 Å². The van der Waals surface area contributed by atoms with Gasteiger partial charge in [-0.05, 0) is 35.9 Å². The molecule has 3 aromatic carbocycles. The molecule has 0 saturated carbocycles. The highest BCUT2D eigenvalue weighted by molar-refractivity contribution is 6.32. The van der Waals surface area contributed by atoms with Gasteiger partial charge in [0.1, 0.15) is 17.5 Å². The molecule has 140 valence electrons. The van der Waals surface area contributed by atoms with Crippen molar-refractivity contribution < 1.29 is 14.3 Å². The summed E-state index contributed by atoms with van der Waals surface area (Å²) in [4.78, 5) is 12.6. The third-order valence-corrected chi connectivity index (χ3v) is 4.55. The molecule has 1 atom stereocenters. The second-order valence-corrected chi connectivity index (χ2v) is 6.51. The van der Waals surface area contributed by atoms with Crippen LogP contribution in [-0.2, 0) is 4.79 Å². The van der Waals surface area contributed by atoms with Crippen LogP contribution >= 0.6 is 11.6 Å². The quantitative estimate of drug-likeness (QED) is 0.631. The van der Waals surface area contributed by atoms with E-state index in [9.17, 15) is 4.79 Å². The fraction of sp³-hybridized carbons (Fsp3) is 0.190. The summed E-state index contributed by atoms with van der Waals surface area (Å²) < 4.78 is 10.5. The van der Waals surface area contributed by atoms with Crippen molar-refractivity contribution in [3.8, 4) is 11.5 Å². The molecule has 0 aliphatic rings. The number of halogens is 1. The van der Waals surface area contributed by atoms with Crippen molar-refractivity contribution in [1.82, 2.24) is 0 Å². The number of carbonyl (C=O) groups is 1. The van der Waals surface area contributed by atoms with Gasteiger partial charge < -0.3 is 20.1 Å². The highest BCUT2D eigenvalue weighted by atomic mass is 35.5. The average molecular weight is 385 g/mol. The number of carbonyl (C=O) groups excluding carboxylic acids is 1. The van der Waals surface area contributed by atoms with E-state index < -0.39 is 6.04 Å². The van der Waals surface area contributed by atoms with E-state index in [0.29, 0.717) is 22.2 Å². The van der Waals surface area contributed by atoms with E-state index >= 15 is 0 Å². The maximum Gasteiger partial charge on any atom is 0.246 e. The standard InChI is InChI=1S/C21H21ClN2O3/c1-13(23-18-11-17(22)19(26-2)12-20(18)27-3)21(25)24-16-9-8-14-6-4-5-7-15(14)10-16/h4-13,23H,1-3H3,(H,24,25)/t13-/m0/s1. The molecular formula is C21H21ClN2O3. The van der Waals surface area contributed by atoms with Gasteiger partial charge in [0.15, 0.2) is 0 Å². The van der Waals surface area contributed by atoms with Gasteiger partial charge in [-0.25, -0.2) is 0 Å². The van der Waals surface area contributed by atoms with Gasteiger partial charge >= 0.3 is 0 Å². The minimum absolute atomic E-state index is 0.167. The fourth-order valence-electron chi connectivity index (χ4n) is 2.79. The van der Waals surface area contributed by atoms with Crippen LogP contribution in [0.15, 0.2) is 54.6 Å². The number of methoxy groups -OCH3 is 2. The lowest BCUT2D eigenvalue weighted by Crippen LogP contribution is -2.32. The van der Waals surface area contributed by atoms with E-state index in [4.69, 9.17) is 21.1 Å². The molecule has 3 aromatic rings. The Morgan fingerprint density at radius 1 is 0.963 bits per heavy atom. The molecule has 0 fully saturated rings. The summed E-state index contributed by atoms with van der Waals surface area (Å²) in [5, 5.41) is 8.69. The summed E-state index contributed by atoms with van der Waals surface area (Å²) in [5.41, 5.74) is 1.36. The predicted molar refractivity (Wildman–Crippen MR) is 110 cm³/mol. The molecule has 0 aromatic heterocycles. The molecule has 0 heterocycles.